The second-order valence-corrected chi connectivity index (χ2v) is 4.05. The number of carbonyl (C=O) groups is 1. The lowest BCUT2D eigenvalue weighted by Crippen LogP contribution is -2.24. The maximum Gasteiger partial charge on any atom is 0.337 e. The second-order valence-electron chi connectivity index (χ2n) is 3.14. The van der Waals surface area contributed by atoms with Crippen LogP contribution in [0.1, 0.15) is 24.2 Å². The van der Waals surface area contributed by atoms with Gasteiger partial charge in [-0.25, -0.2) is 4.79 Å². The number of halogens is 1. The van der Waals surface area contributed by atoms with Crippen LogP contribution in [0.4, 0.5) is 5.69 Å². The van der Waals surface area contributed by atoms with Crippen molar-refractivity contribution in [3.8, 4) is 0 Å². The van der Waals surface area contributed by atoms with E-state index in [1.165, 1.54) is 0 Å². The van der Waals surface area contributed by atoms with Gasteiger partial charge in [-0.1, -0.05) is 15.9 Å². The molecule has 15 heavy (non-hydrogen) atoms. The third-order valence-electron chi connectivity index (χ3n) is 2.29. The van der Waals surface area contributed by atoms with Crippen LogP contribution in [0.5, 0.6) is 0 Å². The summed E-state index contributed by atoms with van der Waals surface area (Å²) in [7, 11) is 0. The van der Waals surface area contributed by atoms with Crippen molar-refractivity contribution in [2.24, 2.45) is 0 Å². The van der Waals surface area contributed by atoms with Crippen LogP contribution < -0.4 is 4.90 Å². The Kier molecular flexibility index (Phi) is 4.15. The summed E-state index contributed by atoms with van der Waals surface area (Å²) in [5.41, 5.74) is 1.11. The zero-order valence-corrected chi connectivity index (χ0v) is 10.4. The van der Waals surface area contributed by atoms with E-state index >= 15 is 0 Å². The first-order valence-corrected chi connectivity index (χ1v) is 5.67. The summed E-state index contributed by atoms with van der Waals surface area (Å²) in [5, 5.41) is 9.05. The van der Waals surface area contributed by atoms with Crippen molar-refractivity contribution in [2.75, 3.05) is 18.0 Å². The molecule has 0 saturated heterocycles. The summed E-state index contributed by atoms with van der Waals surface area (Å²) in [6.07, 6.45) is 0. The highest BCUT2D eigenvalue weighted by Gasteiger charge is 2.13. The molecule has 0 spiro atoms. The summed E-state index contributed by atoms with van der Waals surface area (Å²) in [4.78, 5) is 13.0. The van der Waals surface area contributed by atoms with Crippen LogP contribution in [0.3, 0.4) is 0 Å². The number of aromatic carboxylic acids is 1. The van der Waals surface area contributed by atoms with Gasteiger partial charge in [0.2, 0.25) is 0 Å². The molecule has 1 rings (SSSR count). The standard InChI is InChI=1S/C11H14BrNO2/c1-3-13(4-2)10-7-8(12)5-6-9(10)11(14)15/h5-7H,3-4H2,1-2H3,(H,14,15). The van der Waals surface area contributed by atoms with Crippen molar-refractivity contribution in [2.45, 2.75) is 13.8 Å². The van der Waals surface area contributed by atoms with Crippen molar-refractivity contribution in [3.63, 3.8) is 0 Å². The Labute approximate surface area is 97.8 Å². The minimum absolute atomic E-state index is 0.349. The molecule has 4 heteroatoms. The lowest BCUT2D eigenvalue weighted by atomic mass is 10.1. The van der Waals surface area contributed by atoms with Gasteiger partial charge in [-0.05, 0) is 32.0 Å². The predicted molar refractivity (Wildman–Crippen MR) is 64.7 cm³/mol. The number of anilines is 1. The van der Waals surface area contributed by atoms with Crippen LogP contribution in [0.25, 0.3) is 0 Å². The molecule has 0 fully saturated rings. The van der Waals surface area contributed by atoms with Crippen molar-refractivity contribution in [1.29, 1.82) is 0 Å². The highest BCUT2D eigenvalue weighted by molar-refractivity contribution is 9.10. The lowest BCUT2D eigenvalue weighted by Gasteiger charge is -2.23. The summed E-state index contributed by atoms with van der Waals surface area (Å²) >= 11 is 3.35. The molecule has 1 N–H and O–H groups in total. The van der Waals surface area contributed by atoms with Crippen molar-refractivity contribution >= 4 is 27.6 Å². The smallest absolute Gasteiger partial charge is 0.337 e. The molecule has 0 heterocycles. The Balaban J connectivity index is 3.22. The Morgan fingerprint density at radius 2 is 2.00 bits per heavy atom. The van der Waals surface area contributed by atoms with Gasteiger partial charge in [0.05, 0.1) is 11.3 Å². The first kappa shape index (κ1) is 12.0. The fourth-order valence-corrected chi connectivity index (χ4v) is 1.86. The van der Waals surface area contributed by atoms with E-state index in [4.69, 9.17) is 5.11 Å². The summed E-state index contributed by atoms with van der Waals surface area (Å²) in [6, 6.07) is 5.22. The number of rotatable bonds is 4. The number of carboxylic acids is 1. The number of nitrogens with zero attached hydrogens (tertiary/aromatic N) is 1. The Bertz CT molecular complexity index is 362. The van der Waals surface area contributed by atoms with E-state index in [2.05, 4.69) is 15.9 Å². The van der Waals surface area contributed by atoms with Gasteiger partial charge in [0.1, 0.15) is 0 Å². The van der Waals surface area contributed by atoms with E-state index in [-0.39, 0.29) is 0 Å². The van der Waals surface area contributed by atoms with Crippen LogP contribution in [-0.2, 0) is 0 Å². The average molecular weight is 272 g/mol. The van der Waals surface area contributed by atoms with Crippen LogP contribution in [0, 0.1) is 0 Å². The fourth-order valence-electron chi connectivity index (χ4n) is 1.51. The normalized spacial score (nSPS) is 10.1. The van der Waals surface area contributed by atoms with Gasteiger partial charge in [-0.2, -0.15) is 0 Å². The molecule has 1 aromatic carbocycles. The van der Waals surface area contributed by atoms with Gasteiger partial charge < -0.3 is 10.0 Å². The molecule has 0 saturated carbocycles. The lowest BCUT2D eigenvalue weighted by molar-refractivity contribution is 0.0697. The van der Waals surface area contributed by atoms with E-state index in [0.717, 1.165) is 23.2 Å². The van der Waals surface area contributed by atoms with Crippen LogP contribution in [-0.4, -0.2) is 24.2 Å². The molecule has 0 radical (unpaired) electrons. The van der Waals surface area contributed by atoms with Gasteiger partial charge in [-0.3, -0.25) is 0 Å². The minimum atomic E-state index is -0.885. The topological polar surface area (TPSA) is 40.5 Å². The van der Waals surface area contributed by atoms with Gasteiger partial charge in [-0.15, -0.1) is 0 Å². The molecule has 1 aromatic rings. The van der Waals surface area contributed by atoms with Gasteiger partial charge in [0.15, 0.2) is 0 Å². The summed E-state index contributed by atoms with van der Waals surface area (Å²) < 4.78 is 0.898. The number of benzene rings is 1. The van der Waals surface area contributed by atoms with E-state index in [9.17, 15) is 4.79 Å². The fraction of sp³-hybridized carbons (Fsp3) is 0.364. The van der Waals surface area contributed by atoms with E-state index < -0.39 is 5.97 Å². The highest BCUT2D eigenvalue weighted by Crippen LogP contribution is 2.25. The highest BCUT2D eigenvalue weighted by atomic mass is 79.9. The van der Waals surface area contributed by atoms with Crippen molar-refractivity contribution in [1.82, 2.24) is 0 Å². The molecular weight excluding hydrogens is 258 g/mol. The van der Waals surface area contributed by atoms with Crippen molar-refractivity contribution < 1.29 is 9.90 Å². The van der Waals surface area contributed by atoms with E-state index in [1.807, 2.05) is 24.8 Å². The number of hydrogen-bond acceptors (Lipinski definition) is 2. The quantitative estimate of drug-likeness (QED) is 0.916. The van der Waals surface area contributed by atoms with E-state index in [1.54, 1.807) is 12.1 Å². The molecule has 0 atom stereocenters. The molecule has 3 nitrogen and oxygen atoms in total. The maximum absolute atomic E-state index is 11.0. The zero-order valence-electron chi connectivity index (χ0n) is 8.83. The monoisotopic (exact) mass is 271 g/mol. The van der Waals surface area contributed by atoms with Gasteiger partial charge in [0, 0.05) is 17.6 Å². The molecule has 0 bridgehead atoms. The molecule has 0 aliphatic carbocycles. The predicted octanol–water partition coefficient (Wildman–Crippen LogP) is 2.99. The maximum atomic E-state index is 11.0. The largest absolute Gasteiger partial charge is 0.478 e. The van der Waals surface area contributed by atoms with Crippen LogP contribution >= 0.6 is 15.9 Å². The Morgan fingerprint density at radius 3 is 2.47 bits per heavy atom. The summed E-state index contributed by atoms with van der Waals surface area (Å²) in [6.45, 7) is 5.62. The number of hydrogen-bond donors (Lipinski definition) is 1. The molecule has 0 aromatic heterocycles. The minimum Gasteiger partial charge on any atom is -0.478 e. The zero-order chi connectivity index (χ0) is 11.4. The molecule has 0 amide bonds. The van der Waals surface area contributed by atoms with Crippen LogP contribution in [0.2, 0.25) is 0 Å². The van der Waals surface area contributed by atoms with E-state index in [0.29, 0.717) is 5.56 Å². The second kappa shape index (κ2) is 5.16. The Morgan fingerprint density at radius 1 is 1.40 bits per heavy atom. The van der Waals surface area contributed by atoms with Crippen molar-refractivity contribution in [3.05, 3.63) is 28.2 Å². The average Bonchev–Trinajstić information content (AvgIpc) is 2.19. The first-order valence-electron chi connectivity index (χ1n) is 4.88. The third-order valence-corrected chi connectivity index (χ3v) is 2.79. The van der Waals surface area contributed by atoms with Gasteiger partial charge >= 0.3 is 5.97 Å². The molecule has 0 aliphatic heterocycles. The molecule has 0 aliphatic rings. The molecule has 82 valence electrons. The molecular formula is C11H14BrNO2. The number of carboxylic acid groups (broad SMARTS) is 1. The van der Waals surface area contributed by atoms with Gasteiger partial charge in [0.25, 0.3) is 0 Å². The Hall–Kier alpha value is -1.03. The SMILES string of the molecule is CCN(CC)c1cc(Br)ccc1C(=O)O. The molecule has 0 unspecified atom stereocenters. The summed E-state index contributed by atoms with van der Waals surface area (Å²) in [5.74, 6) is -0.885. The van der Waals surface area contributed by atoms with Crippen LogP contribution in [0.15, 0.2) is 22.7 Å². The third kappa shape index (κ3) is 2.72. The first-order chi connectivity index (χ1) is 7.10.